The highest BCUT2D eigenvalue weighted by atomic mass is 16.5. The number of methoxy groups -OCH3 is 1. The lowest BCUT2D eigenvalue weighted by Crippen LogP contribution is -2.05. The summed E-state index contributed by atoms with van der Waals surface area (Å²) in [5, 5.41) is 0. The van der Waals surface area contributed by atoms with E-state index in [1.54, 1.807) is 6.20 Å². The Bertz CT molecular complexity index is 591. The van der Waals surface area contributed by atoms with Gasteiger partial charge in [0.2, 0.25) is 0 Å². The summed E-state index contributed by atoms with van der Waals surface area (Å²) in [5.41, 5.74) is 5.73. The lowest BCUT2D eigenvalue weighted by atomic mass is 9.98. The molecule has 0 unspecified atom stereocenters. The minimum atomic E-state index is -0.293. The number of benzene rings is 1. The minimum Gasteiger partial charge on any atom is -0.469 e. The molecule has 0 aliphatic rings. The second kappa shape index (κ2) is 5.26. The molecule has 0 saturated heterocycles. The first-order valence-corrected chi connectivity index (χ1v) is 6.20. The van der Waals surface area contributed by atoms with Crippen molar-refractivity contribution in [2.75, 3.05) is 7.11 Å². The number of nitrogens with zero attached hydrogens (tertiary/aromatic N) is 1. The molecule has 0 atom stereocenters. The van der Waals surface area contributed by atoms with Gasteiger partial charge in [-0.05, 0) is 31.9 Å². The molecule has 0 aliphatic heterocycles. The van der Waals surface area contributed by atoms with Crippen LogP contribution in [0.25, 0.3) is 11.3 Å². The van der Waals surface area contributed by atoms with Crippen LogP contribution < -0.4 is 0 Å². The first-order valence-electron chi connectivity index (χ1n) is 6.20. The van der Waals surface area contributed by atoms with Gasteiger partial charge < -0.3 is 9.72 Å². The molecule has 0 fully saturated rings. The van der Waals surface area contributed by atoms with Crippen molar-refractivity contribution in [1.82, 2.24) is 9.97 Å². The van der Waals surface area contributed by atoms with Crippen molar-refractivity contribution in [1.29, 1.82) is 0 Å². The van der Waals surface area contributed by atoms with E-state index < -0.39 is 0 Å². The Balaban J connectivity index is 2.36. The fourth-order valence-corrected chi connectivity index (χ4v) is 2.39. The summed E-state index contributed by atoms with van der Waals surface area (Å²) in [7, 11) is 1.38. The molecule has 0 aliphatic carbocycles. The van der Waals surface area contributed by atoms with Crippen LogP contribution in [0, 0.1) is 20.8 Å². The number of rotatable bonds is 3. The predicted molar refractivity (Wildman–Crippen MR) is 74.0 cm³/mol. The van der Waals surface area contributed by atoms with Crippen molar-refractivity contribution in [2.24, 2.45) is 0 Å². The summed E-state index contributed by atoms with van der Waals surface area (Å²) in [6.45, 7) is 6.24. The van der Waals surface area contributed by atoms with Crippen LogP contribution in [0.2, 0.25) is 0 Å². The highest BCUT2D eigenvalue weighted by Crippen LogP contribution is 2.26. The Hall–Kier alpha value is -2.10. The zero-order valence-corrected chi connectivity index (χ0v) is 11.7. The van der Waals surface area contributed by atoms with E-state index in [-0.39, 0.29) is 12.4 Å². The average molecular weight is 258 g/mol. The lowest BCUT2D eigenvalue weighted by Gasteiger charge is -2.09. The number of esters is 1. The molecule has 0 radical (unpaired) electrons. The summed E-state index contributed by atoms with van der Waals surface area (Å²) in [6, 6.07) is 4.28. The van der Waals surface area contributed by atoms with E-state index in [0.717, 1.165) is 11.3 Å². The minimum absolute atomic E-state index is 0.167. The van der Waals surface area contributed by atoms with Crippen LogP contribution in [-0.4, -0.2) is 23.0 Å². The van der Waals surface area contributed by atoms with Gasteiger partial charge >= 0.3 is 5.97 Å². The molecule has 100 valence electrons. The molecule has 4 nitrogen and oxygen atoms in total. The van der Waals surface area contributed by atoms with E-state index in [9.17, 15) is 4.79 Å². The summed E-state index contributed by atoms with van der Waals surface area (Å²) in [6.07, 6.45) is 1.93. The van der Waals surface area contributed by atoms with E-state index >= 15 is 0 Å². The monoisotopic (exact) mass is 258 g/mol. The highest BCUT2D eigenvalue weighted by Gasteiger charge is 2.11. The Kier molecular flexibility index (Phi) is 3.69. The van der Waals surface area contributed by atoms with Crippen LogP contribution in [0.15, 0.2) is 18.3 Å². The number of carbonyl (C=O) groups excluding carboxylic acids is 1. The number of ether oxygens (including phenoxy) is 1. The Morgan fingerprint density at radius 1 is 1.26 bits per heavy atom. The second-order valence-corrected chi connectivity index (χ2v) is 4.77. The number of imidazole rings is 1. The lowest BCUT2D eigenvalue weighted by molar-refractivity contribution is -0.139. The third kappa shape index (κ3) is 2.84. The maximum Gasteiger partial charge on any atom is 0.313 e. The average Bonchev–Trinajstić information content (AvgIpc) is 2.75. The Morgan fingerprint density at radius 3 is 2.47 bits per heavy atom. The number of aryl methyl sites for hydroxylation is 3. The van der Waals surface area contributed by atoms with Crippen molar-refractivity contribution in [3.8, 4) is 11.3 Å². The predicted octanol–water partition coefficient (Wildman–Crippen LogP) is 2.72. The van der Waals surface area contributed by atoms with E-state index in [0.29, 0.717) is 5.82 Å². The fraction of sp³-hybridized carbons (Fsp3) is 0.333. The van der Waals surface area contributed by atoms with Crippen molar-refractivity contribution < 1.29 is 9.53 Å². The van der Waals surface area contributed by atoms with Gasteiger partial charge in [0.1, 0.15) is 12.2 Å². The van der Waals surface area contributed by atoms with Gasteiger partial charge in [-0.1, -0.05) is 17.7 Å². The van der Waals surface area contributed by atoms with Crippen LogP contribution in [0.5, 0.6) is 0 Å². The van der Waals surface area contributed by atoms with Gasteiger partial charge in [-0.25, -0.2) is 4.98 Å². The topological polar surface area (TPSA) is 55.0 Å². The molecular formula is C15H18N2O2. The van der Waals surface area contributed by atoms with Gasteiger partial charge in [-0.15, -0.1) is 0 Å². The highest BCUT2D eigenvalue weighted by molar-refractivity contribution is 5.72. The number of hydrogen-bond acceptors (Lipinski definition) is 3. The van der Waals surface area contributed by atoms with Gasteiger partial charge in [0, 0.05) is 5.56 Å². The molecule has 4 heteroatoms. The van der Waals surface area contributed by atoms with E-state index in [1.807, 2.05) is 0 Å². The maximum absolute atomic E-state index is 11.2. The van der Waals surface area contributed by atoms with Gasteiger partial charge in [-0.2, -0.15) is 0 Å². The molecule has 0 saturated carbocycles. The van der Waals surface area contributed by atoms with Crippen LogP contribution in [0.1, 0.15) is 22.5 Å². The Morgan fingerprint density at radius 2 is 1.89 bits per heavy atom. The molecule has 19 heavy (non-hydrogen) atoms. The molecule has 2 rings (SSSR count). The van der Waals surface area contributed by atoms with Crippen LogP contribution in [0.4, 0.5) is 0 Å². The normalized spacial score (nSPS) is 10.5. The fourth-order valence-electron chi connectivity index (χ4n) is 2.39. The summed E-state index contributed by atoms with van der Waals surface area (Å²) < 4.78 is 4.63. The molecule has 1 heterocycles. The number of aromatic amines is 1. The number of carbonyl (C=O) groups is 1. The summed E-state index contributed by atoms with van der Waals surface area (Å²) >= 11 is 0. The van der Waals surface area contributed by atoms with Gasteiger partial charge in [0.15, 0.2) is 0 Å². The van der Waals surface area contributed by atoms with Crippen LogP contribution >= 0.6 is 0 Å². The molecule has 1 N–H and O–H groups in total. The standard InChI is InChI=1S/C15H18N2O2/c1-9-5-10(2)15(11(3)6-9)12-8-16-13(17-12)7-14(18)19-4/h5-6,8H,7H2,1-4H3,(H,16,17). The van der Waals surface area contributed by atoms with Crippen molar-refractivity contribution in [2.45, 2.75) is 27.2 Å². The Labute approximate surface area is 112 Å². The van der Waals surface area contributed by atoms with Crippen LogP contribution in [-0.2, 0) is 16.0 Å². The molecule has 0 spiro atoms. The maximum atomic E-state index is 11.2. The summed E-state index contributed by atoms with van der Waals surface area (Å²) in [4.78, 5) is 18.6. The number of aromatic nitrogens is 2. The molecular weight excluding hydrogens is 240 g/mol. The van der Waals surface area contributed by atoms with Gasteiger partial charge in [0.25, 0.3) is 0 Å². The zero-order chi connectivity index (χ0) is 14.0. The van der Waals surface area contributed by atoms with E-state index in [4.69, 9.17) is 0 Å². The third-order valence-corrected chi connectivity index (χ3v) is 3.11. The van der Waals surface area contributed by atoms with Gasteiger partial charge in [-0.3, -0.25) is 4.79 Å². The molecule has 0 bridgehead atoms. The van der Waals surface area contributed by atoms with Crippen LogP contribution in [0.3, 0.4) is 0 Å². The molecule has 2 aromatic rings. The zero-order valence-electron chi connectivity index (χ0n) is 11.7. The largest absolute Gasteiger partial charge is 0.469 e. The van der Waals surface area contributed by atoms with Crippen molar-refractivity contribution in [3.05, 3.63) is 40.8 Å². The first kappa shape index (κ1) is 13.3. The summed E-state index contributed by atoms with van der Waals surface area (Å²) in [5.74, 6) is 0.333. The SMILES string of the molecule is COC(=O)Cc1ncc(-c2c(C)cc(C)cc2C)[nH]1. The smallest absolute Gasteiger partial charge is 0.313 e. The quantitative estimate of drug-likeness (QED) is 0.861. The first-order chi connectivity index (χ1) is 9.01. The number of hydrogen-bond donors (Lipinski definition) is 1. The second-order valence-electron chi connectivity index (χ2n) is 4.77. The van der Waals surface area contributed by atoms with Crippen molar-refractivity contribution in [3.63, 3.8) is 0 Å². The number of H-pyrrole nitrogens is 1. The van der Waals surface area contributed by atoms with Gasteiger partial charge in [0.05, 0.1) is 19.0 Å². The van der Waals surface area contributed by atoms with E-state index in [1.165, 1.54) is 23.8 Å². The third-order valence-electron chi connectivity index (χ3n) is 3.11. The molecule has 0 amide bonds. The van der Waals surface area contributed by atoms with Crippen molar-refractivity contribution >= 4 is 5.97 Å². The van der Waals surface area contributed by atoms with E-state index in [2.05, 4.69) is 47.6 Å². The number of nitrogens with one attached hydrogen (secondary N) is 1. The molecule has 1 aromatic heterocycles. The molecule has 1 aromatic carbocycles.